The third kappa shape index (κ3) is 1.24. The van der Waals surface area contributed by atoms with Crippen LogP contribution in [0.5, 0.6) is 5.75 Å². The van der Waals surface area contributed by atoms with Crippen molar-refractivity contribution >= 4 is 22.5 Å². The minimum Gasteiger partial charge on any atom is -0.508 e. The molecule has 14 heavy (non-hydrogen) atoms. The summed E-state index contributed by atoms with van der Waals surface area (Å²) in [6.07, 6.45) is 0. The van der Waals surface area contributed by atoms with Gasteiger partial charge >= 0.3 is 0 Å². The molecule has 2 aromatic rings. The van der Waals surface area contributed by atoms with Crippen LogP contribution in [-0.4, -0.2) is 15.3 Å². The lowest BCUT2D eigenvalue weighted by molar-refractivity contribution is 0.476. The molecule has 0 amide bonds. The van der Waals surface area contributed by atoms with Crippen molar-refractivity contribution in [1.82, 2.24) is 10.2 Å². The van der Waals surface area contributed by atoms with E-state index in [4.69, 9.17) is 16.9 Å². The lowest BCUT2D eigenvalue weighted by Gasteiger charge is -2.00. The van der Waals surface area contributed by atoms with Crippen LogP contribution in [0.4, 0.5) is 0 Å². The fourth-order valence-corrected chi connectivity index (χ4v) is 1.38. The second kappa shape index (κ2) is 3.13. The number of hydrogen-bond acceptors (Lipinski definition) is 4. The molecule has 0 aliphatic heterocycles. The van der Waals surface area contributed by atoms with Crippen LogP contribution < -0.4 is 0 Å². The summed E-state index contributed by atoms with van der Waals surface area (Å²) in [5.41, 5.74) is 0.554. The van der Waals surface area contributed by atoms with Crippen LogP contribution in [0.2, 0.25) is 5.02 Å². The number of halogens is 1. The van der Waals surface area contributed by atoms with Gasteiger partial charge in [0.15, 0.2) is 5.69 Å². The Balaban J connectivity index is 2.85. The third-order valence-corrected chi connectivity index (χ3v) is 2.17. The van der Waals surface area contributed by atoms with Gasteiger partial charge in [0, 0.05) is 11.5 Å². The predicted molar refractivity (Wildman–Crippen MR) is 50.9 cm³/mol. The maximum Gasteiger partial charge on any atom is 0.182 e. The van der Waals surface area contributed by atoms with Gasteiger partial charge in [0.05, 0.1) is 10.5 Å². The number of nitriles is 1. The molecule has 68 valence electrons. The smallest absolute Gasteiger partial charge is 0.182 e. The Morgan fingerprint density at radius 3 is 2.86 bits per heavy atom. The SMILES string of the molecule is N#Cc1nnc2cc(O)ccc2c1Cl. The Kier molecular flexibility index (Phi) is 1.95. The standard InChI is InChI=1S/C9H4ClN3O/c10-9-6-2-1-5(14)3-7(6)12-13-8(9)4-11/h1-3,14H. The highest BCUT2D eigenvalue weighted by Gasteiger charge is 2.07. The number of phenols is 1. The molecular formula is C9H4ClN3O. The Morgan fingerprint density at radius 1 is 1.36 bits per heavy atom. The van der Waals surface area contributed by atoms with Gasteiger partial charge in [-0.15, -0.1) is 10.2 Å². The molecular weight excluding hydrogens is 202 g/mol. The number of nitrogens with zero attached hydrogens (tertiary/aromatic N) is 3. The first-order valence-corrected chi connectivity index (χ1v) is 4.15. The molecule has 1 aromatic carbocycles. The molecule has 0 aliphatic carbocycles. The molecule has 0 bridgehead atoms. The molecule has 0 saturated carbocycles. The highest BCUT2D eigenvalue weighted by atomic mass is 35.5. The number of hydrogen-bond donors (Lipinski definition) is 1. The Morgan fingerprint density at radius 2 is 2.14 bits per heavy atom. The summed E-state index contributed by atoms with van der Waals surface area (Å²) < 4.78 is 0. The van der Waals surface area contributed by atoms with Gasteiger partial charge in [-0.2, -0.15) is 5.26 Å². The zero-order valence-corrected chi connectivity index (χ0v) is 7.65. The van der Waals surface area contributed by atoms with Crippen LogP contribution in [0.25, 0.3) is 10.9 Å². The highest BCUT2D eigenvalue weighted by molar-refractivity contribution is 6.36. The van der Waals surface area contributed by atoms with E-state index >= 15 is 0 Å². The van der Waals surface area contributed by atoms with E-state index in [1.807, 2.05) is 6.07 Å². The largest absolute Gasteiger partial charge is 0.508 e. The minimum absolute atomic E-state index is 0.0878. The normalized spacial score (nSPS) is 10.0. The van der Waals surface area contributed by atoms with Crippen LogP contribution in [-0.2, 0) is 0 Å². The Hall–Kier alpha value is -1.86. The molecule has 5 heteroatoms. The number of aromatic hydroxyl groups is 1. The molecule has 1 heterocycles. The van der Waals surface area contributed by atoms with Crippen molar-refractivity contribution in [2.75, 3.05) is 0 Å². The summed E-state index contributed by atoms with van der Waals surface area (Å²) in [4.78, 5) is 0. The van der Waals surface area contributed by atoms with E-state index < -0.39 is 0 Å². The summed E-state index contributed by atoms with van der Waals surface area (Å²) in [6, 6.07) is 6.36. The number of benzene rings is 1. The van der Waals surface area contributed by atoms with Crippen molar-refractivity contribution in [3.8, 4) is 11.8 Å². The summed E-state index contributed by atoms with van der Waals surface area (Å²) >= 11 is 5.89. The lowest BCUT2D eigenvalue weighted by Crippen LogP contribution is -1.90. The van der Waals surface area contributed by atoms with Crippen LogP contribution in [0.1, 0.15) is 5.69 Å². The first-order valence-electron chi connectivity index (χ1n) is 3.77. The van der Waals surface area contributed by atoms with Gasteiger partial charge in [0.1, 0.15) is 11.8 Å². The van der Waals surface area contributed by atoms with Crippen molar-refractivity contribution in [2.24, 2.45) is 0 Å². The van der Waals surface area contributed by atoms with Gasteiger partial charge in [-0.3, -0.25) is 0 Å². The average molecular weight is 206 g/mol. The fraction of sp³-hybridized carbons (Fsp3) is 0. The van der Waals surface area contributed by atoms with E-state index in [2.05, 4.69) is 10.2 Å². The van der Waals surface area contributed by atoms with Gasteiger partial charge in [-0.05, 0) is 12.1 Å². The van der Waals surface area contributed by atoms with Crippen LogP contribution in [0.15, 0.2) is 18.2 Å². The minimum atomic E-state index is 0.0878. The van der Waals surface area contributed by atoms with Crippen molar-refractivity contribution in [1.29, 1.82) is 5.26 Å². The van der Waals surface area contributed by atoms with E-state index in [-0.39, 0.29) is 16.5 Å². The van der Waals surface area contributed by atoms with Gasteiger partial charge in [0.2, 0.25) is 0 Å². The van der Waals surface area contributed by atoms with E-state index in [0.29, 0.717) is 10.9 Å². The number of aromatic nitrogens is 2. The molecule has 0 aliphatic rings. The molecule has 0 atom stereocenters. The molecule has 4 nitrogen and oxygen atoms in total. The van der Waals surface area contributed by atoms with Gasteiger partial charge in [-0.1, -0.05) is 11.6 Å². The summed E-state index contributed by atoms with van der Waals surface area (Å²) in [5, 5.41) is 26.1. The van der Waals surface area contributed by atoms with Crippen LogP contribution in [0.3, 0.4) is 0 Å². The Labute approximate surface area is 84.4 Å². The number of rotatable bonds is 0. The molecule has 2 rings (SSSR count). The second-order valence-corrected chi connectivity index (χ2v) is 3.05. The zero-order valence-electron chi connectivity index (χ0n) is 6.90. The lowest BCUT2D eigenvalue weighted by atomic mass is 10.2. The first kappa shape index (κ1) is 8.73. The Bertz CT molecular complexity index is 547. The number of phenolic OH excluding ortho intramolecular Hbond substituents is 1. The first-order chi connectivity index (χ1) is 6.72. The van der Waals surface area contributed by atoms with Crippen LogP contribution in [0, 0.1) is 11.3 Å². The van der Waals surface area contributed by atoms with Crippen molar-refractivity contribution in [3.63, 3.8) is 0 Å². The summed E-state index contributed by atoms with van der Waals surface area (Å²) in [5.74, 6) is 0.0903. The van der Waals surface area contributed by atoms with Crippen molar-refractivity contribution in [2.45, 2.75) is 0 Å². The summed E-state index contributed by atoms with van der Waals surface area (Å²) in [6.45, 7) is 0. The van der Waals surface area contributed by atoms with Gasteiger partial charge < -0.3 is 5.11 Å². The molecule has 1 N–H and O–H groups in total. The van der Waals surface area contributed by atoms with Gasteiger partial charge in [-0.25, -0.2) is 0 Å². The van der Waals surface area contributed by atoms with E-state index in [0.717, 1.165) is 0 Å². The molecule has 0 saturated heterocycles. The van der Waals surface area contributed by atoms with Gasteiger partial charge in [0.25, 0.3) is 0 Å². The van der Waals surface area contributed by atoms with E-state index in [9.17, 15) is 5.11 Å². The molecule has 1 aromatic heterocycles. The van der Waals surface area contributed by atoms with Crippen molar-refractivity contribution < 1.29 is 5.11 Å². The summed E-state index contributed by atoms with van der Waals surface area (Å²) in [7, 11) is 0. The maximum absolute atomic E-state index is 9.17. The van der Waals surface area contributed by atoms with E-state index in [1.54, 1.807) is 6.07 Å². The van der Waals surface area contributed by atoms with E-state index in [1.165, 1.54) is 12.1 Å². The molecule has 0 spiro atoms. The zero-order chi connectivity index (χ0) is 10.1. The highest BCUT2D eigenvalue weighted by Crippen LogP contribution is 2.25. The topological polar surface area (TPSA) is 69.8 Å². The maximum atomic E-state index is 9.17. The average Bonchev–Trinajstić information content (AvgIpc) is 2.18. The third-order valence-electron chi connectivity index (χ3n) is 1.79. The molecule has 0 unspecified atom stereocenters. The van der Waals surface area contributed by atoms with Crippen molar-refractivity contribution in [3.05, 3.63) is 28.9 Å². The fourth-order valence-electron chi connectivity index (χ4n) is 1.14. The predicted octanol–water partition coefficient (Wildman–Crippen LogP) is 1.86. The second-order valence-electron chi connectivity index (χ2n) is 2.68. The van der Waals surface area contributed by atoms with Crippen LogP contribution >= 0.6 is 11.6 Å². The monoisotopic (exact) mass is 205 g/mol. The molecule has 0 fully saturated rings. The number of fused-ring (bicyclic) bond motifs is 1. The quantitative estimate of drug-likeness (QED) is 0.713. The molecule has 0 radical (unpaired) electrons.